The number of aryl methyl sites for hydroxylation is 2. The number of carbonyl (C=O) groups excluding carboxylic acids is 4. The lowest BCUT2D eigenvalue weighted by Crippen LogP contribution is -2.49. The second kappa shape index (κ2) is 12.0. The summed E-state index contributed by atoms with van der Waals surface area (Å²) < 4.78 is 18.7. The summed E-state index contributed by atoms with van der Waals surface area (Å²) in [6.07, 6.45) is -0.340. The van der Waals surface area contributed by atoms with E-state index >= 15 is 0 Å². The van der Waals surface area contributed by atoms with Crippen molar-refractivity contribution in [1.82, 2.24) is 10.4 Å². The van der Waals surface area contributed by atoms with Gasteiger partial charge < -0.3 is 10.1 Å². The van der Waals surface area contributed by atoms with Crippen LogP contribution in [0.4, 0.5) is 15.8 Å². The lowest BCUT2D eigenvalue weighted by Gasteiger charge is -2.24. The van der Waals surface area contributed by atoms with E-state index in [9.17, 15) is 23.6 Å². The molecule has 1 atom stereocenters. The van der Waals surface area contributed by atoms with Gasteiger partial charge in [0.05, 0.1) is 24.3 Å². The smallest absolute Gasteiger partial charge is 0.338 e. The van der Waals surface area contributed by atoms with E-state index < -0.39 is 35.5 Å². The van der Waals surface area contributed by atoms with Crippen molar-refractivity contribution in [2.75, 3.05) is 16.8 Å². The number of halogens is 1. The van der Waals surface area contributed by atoms with E-state index in [0.29, 0.717) is 11.4 Å². The van der Waals surface area contributed by atoms with Gasteiger partial charge in [0.2, 0.25) is 11.0 Å². The average molecular weight is 563 g/mol. The fourth-order valence-electron chi connectivity index (χ4n) is 4.23. The molecule has 9 nitrogen and oxygen atoms in total. The predicted molar refractivity (Wildman–Crippen MR) is 151 cm³/mol. The van der Waals surface area contributed by atoms with Crippen molar-refractivity contribution in [3.05, 3.63) is 94.8 Å². The summed E-state index contributed by atoms with van der Waals surface area (Å²) in [5, 5.41) is 3.84. The monoisotopic (exact) mass is 562 g/mol. The zero-order valence-corrected chi connectivity index (χ0v) is 22.9. The molecule has 0 bridgehead atoms. The number of nitrogens with one attached hydrogen (secondary N) is 2. The van der Waals surface area contributed by atoms with E-state index in [1.165, 1.54) is 47.4 Å². The minimum Gasteiger partial charge on any atom is -0.462 e. The number of nitrogens with zero attached hydrogens (tertiary/aromatic N) is 2. The molecule has 1 aliphatic heterocycles. The Morgan fingerprint density at radius 2 is 1.73 bits per heavy atom. The highest BCUT2D eigenvalue weighted by Gasteiger charge is 2.45. The van der Waals surface area contributed by atoms with Crippen LogP contribution in [0.3, 0.4) is 0 Å². The van der Waals surface area contributed by atoms with Gasteiger partial charge in [0.15, 0.2) is 0 Å². The molecule has 40 heavy (non-hydrogen) atoms. The van der Waals surface area contributed by atoms with Crippen LogP contribution in [0.2, 0.25) is 0 Å². The van der Waals surface area contributed by atoms with Gasteiger partial charge >= 0.3 is 5.97 Å². The quantitative estimate of drug-likeness (QED) is 0.311. The summed E-state index contributed by atoms with van der Waals surface area (Å²) in [7, 11) is 0. The van der Waals surface area contributed by atoms with Crippen molar-refractivity contribution >= 4 is 52.4 Å². The van der Waals surface area contributed by atoms with Gasteiger partial charge in [-0.25, -0.2) is 14.2 Å². The summed E-state index contributed by atoms with van der Waals surface area (Å²) in [6.45, 7) is 5.69. The number of amides is 3. The van der Waals surface area contributed by atoms with Gasteiger partial charge in [-0.1, -0.05) is 23.8 Å². The number of hydrogen-bond donors (Lipinski definition) is 2. The number of esters is 1. The predicted octanol–water partition coefficient (Wildman–Crippen LogP) is 4.30. The molecule has 0 radical (unpaired) electrons. The Kier molecular flexibility index (Phi) is 8.54. The van der Waals surface area contributed by atoms with Crippen molar-refractivity contribution < 1.29 is 28.3 Å². The van der Waals surface area contributed by atoms with Crippen LogP contribution in [0.5, 0.6) is 0 Å². The van der Waals surface area contributed by atoms with Gasteiger partial charge in [0.25, 0.3) is 11.8 Å². The minimum absolute atomic E-state index is 0.00553. The van der Waals surface area contributed by atoms with Crippen LogP contribution < -0.4 is 15.6 Å². The van der Waals surface area contributed by atoms with Crippen LogP contribution in [0.25, 0.3) is 0 Å². The molecule has 206 valence electrons. The Morgan fingerprint density at radius 3 is 2.38 bits per heavy atom. The highest BCUT2D eigenvalue weighted by atomic mass is 32.1. The second-order valence-corrected chi connectivity index (χ2v) is 9.50. The zero-order valence-electron chi connectivity index (χ0n) is 22.1. The van der Waals surface area contributed by atoms with Crippen molar-refractivity contribution in [3.63, 3.8) is 0 Å². The molecule has 1 heterocycles. The molecule has 1 fully saturated rings. The van der Waals surface area contributed by atoms with Crippen molar-refractivity contribution in [2.45, 2.75) is 33.2 Å². The number of hydrazine groups is 1. The van der Waals surface area contributed by atoms with E-state index in [-0.39, 0.29) is 29.3 Å². The first-order chi connectivity index (χ1) is 19.1. The van der Waals surface area contributed by atoms with Gasteiger partial charge in [0, 0.05) is 11.3 Å². The van der Waals surface area contributed by atoms with E-state index in [2.05, 4.69) is 10.7 Å². The lowest BCUT2D eigenvalue weighted by molar-refractivity contribution is -0.124. The molecule has 0 aliphatic carbocycles. The number of rotatable bonds is 8. The average Bonchev–Trinajstić information content (AvgIpc) is 3.14. The van der Waals surface area contributed by atoms with Gasteiger partial charge in [-0.2, -0.15) is 0 Å². The zero-order chi connectivity index (χ0) is 29.0. The molecule has 4 rings (SSSR count). The normalized spacial score (nSPS) is 14.8. The molecule has 3 aromatic rings. The van der Waals surface area contributed by atoms with E-state index in [4.69, 9.17) is 17.0 Å². The van der Waals surface area contributed by atoms with E-state index in [0.717, 1.165) is 22.2 Å². The van der Waals surface area contributed by atoms with Crippen LogP contribution in [-0.4, -0.2) is 46.5 Å². The van der Waals surface area contributed by atoms with Crippen LogP contribution in [0.15, 0.2) is 66.7 Å². The largest absolute Gasteiger partial charge is 0.462 e. The second-order valence-electron chi connectivity index (χ2n) is 9.13. The lowest BCUT2D eigenvalue weighted by atomic mass is 10.1. The molecular formula is C29H27FN4O5S. The summed E-state index contributed by atoms with van der Waals surface area (Å²) in [6, 6.07) is 15.4. The van der Waals surface area contributed by atoms with Crippen molar-refractivity contribution in [1.29, 1.82) is 0 Å². The van der Waals surface area contributed by atoms with E-state index in [1.54, 1.807) is 13.0 Å². The fourth-order valence-corrected chi connectivity index (χ4v) is 4.60. The van der Waals surface area contributed by atoms with Gasteiger partial charge in [-0.15, -0.1) is 0 Å². The Labute approximate surface area is 235 Å². The Hall–Kier alpha value is -4.64. The molecule has 0 aromatic heterocycles. The summed E-state index contributed by atoms with van der Waals surface area (Å²) in [5.41, 5.74) is 5.63. The highest BCUT2D eigenvalue weighted by Crippen LogP contribution is 2.27. The third kappa shape index (κ3) is 6.15. The fraction of sp³-hybridized carbons (Fsp3) is 0.207. The van der Waals surface area contributed by atoms with Crippen LogP contribution in [-0.2, 0) is 14.3 Å². The number of carbonyl (C=O) groups is 4. The maximum absolute atomic E-state index is 13.7. The number of thiocarbonyl (C=S) groups is 1. The third-order valence-corrected chi connectivity index (χ3v) is 6.57. The molecule has 1 saturated heterocycles. The maximum Gasteiger partial charge on any atom is 0.338 e. The Bertz CT molecular complexity index is 1490. The number of benzene rings is 3. The van der Waals surface area contributed by atoms with E-state index in [1.807, 2.05) is 26.0 Å². The van der Waals surface area contributed by atoms with Crippen molar-refractivity contribution in [2.24, 2.45) is 0 Å². The molecule has 1 aliphatic rings. The topological polar surface area (TPSA) is 108 Å². The Morgan fingerprint density at radius 1 is 1.00 bits per heavy atom. The Balaban J connectivity index is 1.61. The number of hydrogen-bond acceptors (Lipinski definition) is 6. The van der Waals surface area contributed by atoms with Crippen molar-refractivity contribution in [3.8, 4) is 0 Å². The third-order valence-electron chi connectivity index (χ3n) is 6.19. The van der Waals surface area contributed by atoms with Crippen LogP contribution in [0, 0.1) is 19.7 Å². The maximum atomic E-state index is 13.7. The summed E-state index contributed by atoms with van der Waals surface area (Å²) >= 11 is 5.55. The standard InChI is InChI=1S/C29H27FN4O5S/c1-4-39-28(38)19-9-11-22(12-10-19)33-27(37)24(16-25(35)31-23-13-8-17(2)14-18(23)3)34(29(33)40)32-26(36)20-6-5-7-21(30)15-20/h5-15,24H,4,16H2,1-3H3,(H,31,35)(H,32,36). The molecule has 1 unspecified atom stereocenters. The van der Waals surface area contributed by atoms with Gasteiger partial charge in [-0.05, 0) is 87.1 Å². The minimum atomic E-state index is -1.19. The highest BCUT2D eigenvalue weighted by molar-refractivity contribution is 7.80. The summed E-state index contributed by atoms with van der Waals surface area (Å²) in [4.78, 5) is 52.9. The molecular weight excluding hydrogens is 535 g/mol. The molecule has 0 saturated carbocycles. The molecule has 2 N–H and O–H groups in total. The number of ether oxygens (including phenoxy) is 1. The molecule has 0 spiro atoms. The SMILES string of the molecule is CCOC(=O)c1ccc(N2C(=O)C(CC(=O)Nc3ccc(C)cc3C)N(NC(=O)c3cccc(F)c3)C2=S)cc1. The first kappa shape index (κ1) is 28.4. The molecule has 3 amide bonds. The molecule has 3 aromatic carbocycles. The number of anilines is 2. The van der Waals surface area contributed by atoms with Crippen LogP contribution in [0.1, 0.15) is 45.2 Å². The summed E-state index contributed by atoms with van der Waals surface area (Å²) in [5.74, 6) is -2.88. The molecule has 11 heteroatoms. The van der Waals surface area contributed by atoms with Gasteiger partial charge in [0.1, 0.15) is 11.9 Å². The van der Waals surface area contributed by atoms with Crippen LogP contribution >= 0.6 is 12.2 Å². The van der Waals surface area contributed by atoms with Gasteiger partial charge in [-0.3, -0.25) is 24.7 Å². The first-order valence-corrected chi connectivity index (χ1v) is 12.9. The first-order valence-electron chi connectivity index (χ1n) is 12.5.